The number of hydrogen-bond acceptors (Lipinski definition) is 8. The van der Waals surface area contributed by atoms with Crippen LogP contribution in [0, 0.1) is 10.1 Å². The zero-order chi connectivity index (χ0) is 15.6. The third-order valence-corrected chi connectivity index (χ3v) is 3.66. The van der Waals surface area contributed by atoms with Crippen molar-refractivity contribution >= 4 is 16.3 Å². The predicted molar refractivity (Wildman–Crippen MR) is 76.9 cm³/mol. The number of ether oxygens (including phenoxy) is 1. The summed E-state index contributed by atoms with van der Waals surface area (Å²) in [6, 6.07) is 2.96. The van der Waals surface area contributed by atoms with Gasteiger partial charge in [-0.2, -0.15) is 4.98 Å². The molecule has 8 nitrogen and oxygen atoms in total. The SMILES string of the molecule is CC(C)OCC(C)(N)c1noc(-c2ccc([N+](=O)[O-])s2)n1. The van der Waals surface area contributed by atoms with Gasteiger partial charge >= 0.3 is 5.00 Å². The molecule has 2 aromatic rings. The van der Waals surface area contributed by atoms with Gasteiger partial charge in [-0.3, -0.25) is 10.1 Å². The van der Waals surface area contributed by atoms with Crippen LogP contribution in [0.2, 0.25) is 0 Å². The summed E-state index contributed by atoms with van der Waals surface area (Å²) in [6.45, 7) is 5.79. The van der Waals surface area contributed by atoms with Crippen LogP contribution in [-0.4, -0.2) is 27.8 Å². The number of hydrogen-bond donors (Lipinski definition) is 1. The second kappa shape index (κ2) is 5.88. The lowest BCUT2D eigenvalue weighted by Gasteiger charge is -2.21. The summed E-state index contributed by atoms with van der Waals surface area (Å²) in [5.41, 5.74) is 5.22. The molecule has 2 N–H and O–H groups in total. The maximum atomic E-state index is 10.7. The van der Waals surface area contributed by atoms with E-state index in [0.717, 1.165) is 11.3 Å². The van der Waals surface area contributed by atoms with E-state index in [1.165, 1.54) is 6.07 Å². The maximum Gasteiger partial charge on any atom is 0.324 e. The van der Waals surface area contributed by atoms with Crippen LogP contribution < -0.4 is 5.73 Å². The van der Waals surface area contributed by atoms with Gasteiger partial charge in [-0.1, -0.05) is 16.5 Å². The molecular formula is C12H16N4O4S. The van der Waals surface area contributed by atoms with Crippen molar-refractivity contribution in [2.24, 2.45) is 5.73 Å². The maximum absolute atomic E-state index is 10.7. The van der Waals surface area contributed by atoms with E-state index in [2.05, 4.69) is 10.1 Å². The van der Waals surface area contributed by atoms with Crippen LogP contribution in [0.1, 0.15) is 26.6 Å². The van der Waals surface area contributed by atoms with Gasteiger partial charge in [0, 0.05) is 6.07 Å². The molecule has 1 unspecified atom stereocenters. The highest BCUT2D eigenvalue weighted by atomic mass is 32.1. The van der Waals surface area contributed by atoms with Gasteiger partial charge in [0.25, 0.3) is 5.89 Å². The largest absolute Gasteiger partial charge is 0.376 e. The third-order valence-electron chi connectivity index (χ3n) is 2.64. The van der Waals surface area contributed by atoms with Crippen molar-refractivity contribution in [3.05, 3.63) is 28.1 Å². The Hall–Kier alpha value is -1.84. The van der Waals surface area contributed by atoms with Gasteiger partial charge in [-0.05, 0) is 26.8 Å². The van der Waals surface area contributed by atoms with Gasteiger partial charge in [0.15, 0.2) is 5.82 Å². The van der Waals surface area contributed by atoms with Gasteiger partial charge in [-0.15, -0.1) is 0 Å². The average Bonchev–Trinajstić information content (AvgIpc) is 3.05. The molecule has 21 heavy (non-hydrogen) atoms. The van der Waals surface area contributed by atoms with Crippen molar-refractivity contribution in [3.63, 3.8) is 0 Å². The minimum Gasteiger partial charge on any atom is -0.376 e. The Morgan fingerprint density at radius 3 is 2.86 bits per heavy atom. The summed E-state index contributed by atoms with van der Waals surface area (Å²) in [6.07, 6.45) is 0.0409. The Morgan fingerprint density at radius 1 is 1.57 bits per heavy atom. The first-order valence-corrected chi connectivity index (χ1v) is 7.10. The van der Waals surface area contributed by atoms with E-state index in [1.807, 2.05) is 13.8 Å². The van der Waals surface area contributed by atoms with Crippen molar-refractivity contribution < 1.29 is 14.2 Å². The fourth-order valence-corrected chi connectivity index (χ4v) is 2.24. The minimum atomic E-state index is -0.894. The van der Waals surface area contributed by atoms with Gasteiger partial charge in [0.1, 0.15) is 5.54 Å². The first-order valence-electron chi connectivity index (χ1n) is 6.29. The lowest BCUT2D eigenvalue weighted by molar-refractivity contribution is -0.380. The number of rotatable bonds is 6. The summed E-state index contributed by atoms with van der Waals surface area (Å²) in [4.78, 5) is 14.9. The molecule has 1 atom stereocenters. The summed E-state index contributed by atoms with van der Waals surface area (Å²) in [5.74, 6) is 0.513. The molecule has 2 rings (SSSR count). The monoisotopic (exact) mass is 312 g/mol. The molecule has 0 fully saturated rings. The number of thiophene rings is 1. The molecule has 0 aliphatic heterocycles. The van der Waals surface area contributed by atoms with Crippen molar-refractivity contribution in [1.29, 1.82) is 0 Å². The third kappa shape index (κ3) is 3.63. The number of nitro groups is 1. The summed E-state index contributed by atoms with van der Waals surface area (Å²) >= 11 is 0.969. The minimum absolute atomic E-state index is 0.0170. The molecule has 2 aromatic heterocycles. The zero-order valence-corrected chi connectivity index (χ0v) is 12.7. The van der Waals surface area contributed by atoms with Gasteiger partial charge < -0.3 is 15.0 Å². The molecule has 2 heterocycles. The zero-order valence-electron chi connectivity index (χ0n) is 11.9. The summed E-state index contributed by atoms with van der Waals surface area (Å²) in [5, 5.41) is 14.5. The highest BCUT2D eigenvalue weighted by Crippen LogP contribution is 2.32. The molecule has 9 heteroatoms. The molecule has 114 valence electrons. The van der Waals surface area contributed by atoms with E-state index in [1.54, 1.807) is 13.0 Å². The lowest BCUT2D eigenvalue weighted by Crippen LogP contribution is -2.40. The van der Waals surface area contributed by atoms with E-state index in [9.17, 15) is 10.1 Å². The van der Waals surface area contributed by atoms with Crippen LogP contribution in [0.15, 0.2) is 16.7 Å². The summed E-state index contributed by atoms with van der Waals surface area (Å²) in [7, 11) is 0. The fourth-order valence-electron chi connectivity index (χ4n) is 1.50. The molecular weight excluding hydrogens is 296 g/mol. The number of nitrogens with zero attached hydrogens (tertiary/aromatic N) is 3. The highest BCUT2D eigenvalue weighted by Gasteiger charge is 2.29. The summed E-state index contributed by atoms with van der Waals surface area (Å²) < 4.78 is 10.6. The Bertz CT molecular complexity index is 635. The van der Waals surface area contributed by atoms with Crippen molar-refractivity contribution in [1.82, 2.24) is 10.1 Å². The Morgan fingerprint density at radius 2 is 2.29 bits per heavy atom. The second-order valence-corrected chi connectivity index (χ2v) is 6.16. The van der Waals surface area contributed by atoms with Crippen molar-refractivity contribution in [3.8, 4) is 10.8 Å². The van der Waals surface area contributed by atoms with E-state index in [4.69, 9.17) is 15.0 Å². The average molecular weight is 312 g/mol. The molecule has 0 saturated carbocycles. The predicted octanol–water partition coefficient (Wildman–Crippen LogP) is 2.31. The highest BCUT2D eigenvalue weighted by molar-refractivity contribution is 7.18. The molecule has 0 aromatic carbocycles. The van der Waals surface area contributed by atoms with E-state index in [0.29, 0.717) is 10.7 Å². The number of aromatic nitrogens is 2. The van der Waals surface area contributed by atoms with Crippen LogP contribution in [0.5, 0.6) is 0 Å². The van der Waals surface area contributed by atoms with Crippen LogP contribution in [0.3, 0.4) is 0 Å². The molecule has 0 aliphatic rings. The van der Waals surface area contributed by atoms with E-state index >= 15 is 0 Å². The molecule has 0 saturated heterocycles. The second-order valence-electron chi connectivity index (χ2n) is 5.10. The molecule has 0 aliphatic carbocycles. The molecule has 0 amide bonds. The molecule has 0 radical (unpaired) electrons. The first-order chi connectivity index (χ1) is 9.79. The van der Waals surface area contributed by atoms with Crippen LogP contribution in [0.25, 0.3) is 10.8 Å². The fraction of sp³-hybridized carbons (Fsp3) is 0.500. The van der Waals surface area contributed by atoms with Gasteiger partial charge in [0.2, 0.25) is 0 Å². The first kappa shape index (κ1) is 15.5. The number of nitrogens with two attached hydrogens (primary N) is 1. The van der Waals surface area contributed by atoms with Crippen molar-refractivity contribution in [2.45, 2.75) is 32.4 Å². The molecule has 0 spiro atoms. The Balaban J connectivity index is 2.18. The molecule has 0 bridgehead atoms. The smallest absolute Gasteiger partial charge is 0.324 e. The van der Waals surface area contributed by atoms with Gasteiger partial charge in [-0.25, -0.2) is 0 Å². The normalized spacial score (nSPS) is 14.3. The van der Waals surface area contributed by atoms with Gasteiger partial charge in [0.05, 0.1) is 22.5 Å². The standard InChI is InChI=1S/C12H16N4O4S/c1-7(2)19-6-12(3,13)11-14-10(20-15-11)8-4-5-9(21-8)16(17)18/h4-5,7H,6,13H2,1-3H3. The lowest BCUT2D eigenvalue weighted by atomic mass is 10.1. The van der Waals surface area contributed by atoms with Crippen LogP contribution in [0.4, 0.5) is 5.00 Å². The van der Waals surface area contributed by atoms with E-state index in [-0.39, 0.29) is 23.6 Å². The van der Waals surface area contributed by atoms with Crippen molar-refractivity contribution in [2.75, 3.05) is 6.61 Å². The van der Waals surface area contributed by atoms with Crippen LogP contribution in [-0.2, 0) is 10.3 Å². The Kier molecular flexibility index (Phi) is 4.35. The topological polar surface area (TPSA) is 117 Å². The van der Waals surface area contributed by atoms with E-state index < -0.39 is 10.5 Å². The quantitative estimate of drug-likeness (QED) is 0.642. The van der Waals surface area contributed by atoms with Crippen LogP contribution >= 0.6 is 11.3 Å². The Labute approximate surface area is 125 Å².